The van der Waals surface area contributed by atoms with Crippen LogP contribution in [0.25, 0.3) is 22.3 Å². The van der Waals surface area contributed by atoms with Gasteiger partial charge >= 0.3 is 0 Å². The highest BCUT2D eigenvalue weighted by atomic mass is 19.1. The van der Waals surface area contributed by atoms with E-state index in [0.29, 0.717) is 23.3 Å². The van der Waals surface area contributed by atoms with Crippen LogP contribution in [0.4, 0.5) is 16.2 Å². The van der Waals surface area contributed by atoms with Crippen molar-refractivity contribution in [3.05, 3.63) is 65.5 Å². The molecule has 0 atom stereocenters. The third-order valence-corrected chi connectivity index (χ3v) is 6.55. The van der Waals surface area contributed by atoms with Crippen molar-refractivity contribution in [2.45, 2.75) is 26.3 Å². The van der Waals surface area contributed by atoms with Gasteiger partial charge in [-0.1, -0.05) is 50.2 Å². The van der Waals surface area contributed by atoms with E-state index < -0.39 is 0 Å². The molecule has 8 heteroatoms. The number of hydrogen-bond donors (Lipinski definition) is 1. The van der Waals surface area contributed by atoms with Crippen LogP contribution in [0, 0.1) is 5.82 Å². The first-order chi connectivity index (χ1) is 16.4. The second kappa shape index (κ2) is 9.02. The fourth-order valence-corrected chi connectivity index (χ4v) is 4.43. The quantitative estimate of drug-likeness (QED) is 0.482. The smallest absolute Gasteiger partial charge is 0.228 e. The predicted molar refractivity (Wildman–Crippen MR) is 134 cm³/mol. The third-order valence-electron chi connectivity index (χ3n) is 6.55. The van der Waals surface area contributed by atoms with Gasteiger partial charge in [0.2, 0.25) is 5.95 Å². The number of halogens is 1. The Morgan fingerprint density at radius 2 is 1.62 bits per heavy atom. The van der Waals surface area contributed by atoms with E-state index in [1.54, 1.807) is 4.68 Å². The maximum atomic E-state index is 13.2. The van der Waals surface area contributed by atoms with Gasteiger partial charge in [-0.3, -0.25) is 9.58 Å². The molecular formula is C26H30FN7. The number of anilines is 2. The Balaban J connectivity index is 1.41. The van der Waals surface area contributed by atoms with Crippen LogP contribution in [-0.4, -0.2) is 50.8 Å². The highest BCUT2D eigenvalue weighted by Crippen LogP contribution is 2.32. The lowest BCUT2D eigenvalue weighted by atomic mass is 10.00. The molecule has 3 heterocycles. The lowest BCUT2D eigenvalue weighted by molar-refractivity contribution is 0.248. The maximum absolute atomic E-state index is 13.2. The molecule has 176 valence electrons. The van der Waals surface area contributed by atoms with Crippen LogP contribution >= 0.6 is 0 Å². The van der Waals surface area contributed by atoms with E-state index in [4.69, 9.17) is 15.7 Å². The van der Waals surface area contributed by atoms with Crippen molar-refractivity contribution in [2.24, 2.45) is 7.05 Å². The number of rotatable bonds is 5. The Hall–Kier alpha value is -3.52. The van der Waals surface area contributed by atoms with E-state index in [0.717, 1.165) is 54.9 Å². The van der Waals surface area contributed by atoms with Crippen molar-refractivity contribution in [1.29, 1.82) is 0 Å². The van der Waals surface area contributed by atoms with E-state index in [1.807, 2.05) is 19.2 Å². The summed E-state index contributed by atoms with van der Waals surface area (Å²) in [6.45, 7) is 8.54. The molecule has 1 saturated heterocycles. The zero-order chi connectivity index (χ0) is 23.8. The molecule has 2 aromatic carbocycles. The molecule has 34 heavy (non-hydrogen) atoms. The van der Waals surface area contributed by atoms with Crippen molar-refractivity contribution >= 4 is 22.8 Å². The van der Waals surface area contributed by atoms with Crippen molar-refractivity contribution in [3.63, 3.8) is 0 Å². The average Bonchev–Trinajstić information content (AvgIpc) is 3.14. The third kappa shape index (κ3) is 4.33. The minimum absolute atomic E-state index is 0.203. The molecule has 1 aliphatic rings. The van der Waals surface area contributed by atoms with Crippen LogP contribution in [0.5, 0.6) is 0 Å². The molecule has 0 unspecified atom stereocenters. The van der Waals surface area contributed by atoms with Crippen LogP contribution in [-0.2, 0) is 13.6 Å². The zero-order valence-electron chi connectivity index (χ0n) is 19.9. The first-order valence-electron chi connectivity index (χ1n) is 11.7. The van der Waals surface area contributed by atoms with Gasteiger partial charge in [-0.05, 0) is 29.2 Å². The summed E-state index contributed by atoms with van der Waals surface area (Å²) in [6, 6.07) is 15.2. The van der Waals surface area contributed by atoms with Gasteiger partial charge in [0.25, 0.3) is 0 Å². The first-order valence-corrected chi connectivity index (χ1v) is 11.7. The number of aryl methyl sites for hydroxylation is 1. The normalized spacial score (nSPS) is 14.9. The molecule has 2 aromatic heterocycles. The SMILES string of the molecule is CC(C)c1ccc(-c2nc(N3CCN(Cc4ccc(F)cc4)CC3)nc3nn(C)c(N)c23)cc1. The van der Waals surface area contributed by atoms with Gasteiger partial charge in [0.1, 0.15) is 11.6 Å². The van der Waals surface area contributed by atoms with Crippen molar-refractivity contribution in [3.8, 4) is 11.3 Å². The molecule has 0 bridgehead atoms. The Morgan fingerprint density at radius 1 is 0.941 bits per heavy atom. The van der Waals surface area contributed by atoms with Crippen molar-refractivity contribution < 1.29 is 4.39 Å². The molecule has 5 rings (SSSR count). The van der Waals surface area contributed by atoms with Crippen LogP contribution < -0.4 is 10.6 Å². The number of aromatic nitrogens is 4. The summed E-state index contributed by atoms with van der Waals surface area (Å²) in [5.74, 6) is 1.50. The fraction of sp³-hybridized carbons (Fsp3) is 0.346. The lowest BCUT2D eigenvalue weighted by Crippen LogP contribution is -2.46. The molecule has 4 aromatic rings. The zero-order valence-corrected chi connectivity index (χ0v) is 19.9. The maximum Gasteiger partial charge on any atom is 0.228 e. The van der Waals surface area contributed by atoms with Crippen LogP contribution in [0.2, 0.25) is 0 Å². The summed E-state index contributed by atoms with van der Waals surface area (Å²) in [6.07, 6.45) is 0. The van der Waals surface area contributed by atoms with Gasteiger partial charge < -0.3 is 10.6 Å². The van der Waals surface area contributed by atoms with Crippen molar-refractivity contribution in [2.75, 3.05) is 36.8 Å². The molecule has 2 N–H and O–H groups in total. The molecule has 0 aliphatic carbocycles. The highest BCUT2D eigenvalue weighted by Gasteiger charge is 2.23. The number of nitrogens with two attached hydrogens (primary N) is 1. The van der Waals surface area contributed by atoms with Crippen LogP contribution in [0.3, 0.4) is 0 Å². The molecular weight excluding hydrogens is 429 g/mol. The average molecular weight is 460 g/mol. The van der Waals surface area contributed by atoms with Crippen molar-refractivity contribution in [1.82, 2.24) is 24.6 Å². The Labute approximate surface area is 199 Å². The van der Waals surface area contributed by atoms with Gasteiger partial charge in [-0.2, -0.15) is 10.1 Å². The Morgan fingerprint density at radius 3 is 2.26 bits per heavy atom. The predicted octanol–water partition coefficient (Wildman–Crippen LogP) is 4.20. The minimum Gasteiger partial charge on any atom is -0.383 e. The van der Waals surface area contributed by atoms with E-state index in [1.165, 1.54) is 17.7 Å². The van der Waals surface area contributed by atoms with E-state index in [-0.39, 0.29) is 5.82 Å². The summed E-state index contributed by atoms with van der Waals surface area (Å²) < 4.78 is 14.9. The number of hydrogen-bond acceptors (Lipinski definition) is 6. The van der Waals surface area contributed by atoms with Gasteiger partial charge in [-0.25, -0.2) is 9.37 Å². The summed E-state index contributed by atoms with van der Waals surface area (Å²) in [7, 11) is 1.83. The summed E-state index contributed by atoms with van der Waals surface area (Å²) in [4.78, 5) is 14.3. The highest BCUT2D eigenvalue weighted by molar-refractivity contribution is 5.98. The standard InChI is InChI=1S/C26H30FN7/c1-17(2)19-6-8-20(9-7-19)23-22-24(28)32(3)31-25(22)30-26(29-23)34-14-12-33(13-15-34)16-18-4-10-21(27)11-5-18/h4-11,17H,12-16,28H2,1-3H3. The molecule has 0 spiro atoms. The number of nitrogens with zero attached hydrogens (tertiary/aromatic N) is 6. The van der Waals surface area contributed by atoms with Gasteiger partial charge in [0.15, 0.2) is 5.65 Å². The Bertz CT molecular complexity index is 1290. The first kappa shape index (κ1) is 22.3. The molecule has 7 nitrogen and oxygen atoms in total. The number of piperazine rings is 1. The fourth-order valence-electron chi connectivity index (χ4n) is 4.43. The Kier molecular flexibility index (Phi) is 5.91. The van der Waals surface area contributed by atoms with Gasteiger partial charge in [0, 0.05) is 45.3 Å². The summed E-state index contributed by atoms with van der Waals surface area (Å²) in [5.41, 5.74) is 11.2. The van der Waals surface area contributed by atoms with Crippen LogP contribution in [0.15, 0.2) is 48.5 Å². The molecule has 1 fully saturated rings. The lowest BCUT2D eigenvalue weighted by Gasteiger charge is -2.34. The van der Waals surface area contributed by atoms with Gasteiger partial charge in [0.05, 0.1) is 11.1 Å². The topological polar surface area (TPSA) is 76.1 Å². The molecule has 0 amide bonds. The van der Waals surface area contributed by atoms with E-state index >= 15 is 0 Å². The van der Waals surface area contributed by atoms with E-state index in [9.17, 15) is 4.39 Å². The van der Waals surface area contributed by atoms with Gasteiger partial charge in [-0.15, -0.1) is 0 Å². The molecule has 0 radical (unpaired) electrons. The second-order valence-electron chi connectivity index (χ2n) is 9.25. The number of fused-ring (bicyclic) bond motifs is 1. The molecule has 0 saturated carbocycles. The monoisotopic (exact) mass is 459 g/mol. The van der Waals surface area contributed by atoms with E-state index in [2.05, 4.69) is 53.0 Å². The largest absolute Gasteiger partial charge is 0.383 e. The second-order valence-corrected chi connectivity index (χ2v) is 9.25. The summed E-state index contributed by atoms with van der Waals surface area (Å²) in [5, 5.41) is 5.34. The van der Waals surface area contributed by atoms with Crippen LogP contribution in [0.1, 0.15) is 30.9 Å². The number of benzene rings is 2. The summed E-state index contributed by atoms with van der Waals surface area (Å²) >= 11 is 0. The minimum atomic E-state index is -0.203. The number of nitrogen functional groups attached to an aromatic ring is 1. The molecule has 1 aliphatic heterocycles.